The van der Waals surface area contributed by atoms with E-state index in [1.807, 2.05) is 0 Å². The first-order chi connectivity index (χ1) is 15.6. The van der Waals surface area contributed by atoms with E-state index < -0.39 is 27.6 Å². The maximum atomic E-state index is 14.8. The molecular formula is C23H21ClFN3O4S. The van der Waals surface area contributed by atoms with Gasteiger partial charge in [-0.05, 0) is 48.5 Å². The molecule has 0 radical (unpaired) electrons. The first-order valence-corrected chi connectivity index (χ1v) is 12.0. The van der Waals surface area contributed by atoms with Crippen molar-refractivity contribution >= 4 is 44.8 Å². The molecule has 0 heterocycles. The third-order valence-electron chi connectivity index (χ3n) is 4.75. The lowest BCUT2D eigenvalue weighted by Gasteiger charge is -2.18. The van der Waals surface area contributed by atoms with Crippen LogP contribution in [0.25, 0.3) is 11.1 Å². The Kier molecular flexibility index (Phi) is 7.35. The van der Waals surface area contributed by atoms with Crippen molar-refractivity contribution in [3.63, 3.8) is 0 Å². The highest BCUT2D eigenvalue weighted by molar-refractivity contribution is 7.90. The Balaban J connectivity index is 1.65. The van der Waals surface area contributed by atoms with Crippen LogP contribution in [0.1, 0.15) is 0 Å². The largest absolute Gasteiger partial charge is 0.329 e. The van der Waals surface area contributed by atoms with Gasteiger partial charge in [0, 0.05) is 40.8 Å². The first kappa shape index (κ1) is 24.2. The smallest absolute Gasteiger partial charge is 0.322 e. The molecule has 7 nitrogen and oxygen atoms in total. The third kappa shape index (κ3) is 6.09. The van der Waals surface area contributed by atoms with Crippen molar-refractivity contribution in [3.8, 4) is 11.1 Å². The fourth-order valence-corrected chi connectivity index (χ4v) is 4.11. The third-order valence-corrected chi connectivity index (χ3v) is 6.16. The lowest BCUT2D eigenvalue weighted by Crippen LogP contribution is -2.41. The second-order valence-corrected chi connectivity index (χ2v) is 9.63. The number of carbonyl (C=O) groups is 2. The molecule has 0 spiro atoms. The molecule has 3 rings (SSSR count). The summed E-state index contributed by atoms with van der Waals surface area (Å²) >= 11 is 5.83. The van der Waals surface area contributed by atoms with E-state index in [-0.39, 0.29) is 28.3 Å². The Morgan fingerprint density at radius 3 is 2.30 bits per heavy atom. The Morgan fingerprint density at radius 2 is 1.67 bits per heavy atom. The van der Waals surface area contributed by atoms with Crippen molar-refractivity contribution in [1.29, 1.82) is 0 Å². The monoisotopic (exact) mass is 489 g/mol. The van der Waals surface area contributed by atoms with E-state index in [1.165, 1.54) is 29.2 Å². The van der Waals surface area contributed by atoms with Crippen molar-refractivity contribution in [2.45, 2.75) is 4.90 Å². The minimum Gasteiger partial charge on any atom is -0.329 e. The average molecular weight is 490 g/mol. The van der Waals surface area contributed by atoms with E-state index in [1.54, 1.807) is 43.4 Å². The van der Waals surface area contributed by atoms with E-state index >= 15 is 0 Å². The molecule has 0 aliphatic heterocycles. The Morgan fingerprint density at radius 1 is 1.00 bits per heavy atom. The number of nitrogens with zero attached hydrogens (tertiary/aromatic N) is 1. The van der Waals surface area contributed by atoms with Gasteiger partial charge in [-0.15, -0.1) is 0 Å². The van der Waals surface area contributed by atoms with Crippen LogP contribution in [-0.4, -0.2) is 40.2 Å². The normalized spacial score (nSPS) is 11.0. The van der Waals surface area contributed by atoms with E-state index in [0.29, 0.717) is 10.7 Å². The number of halogens is 2. The van der Waals surface area contributed by atoms with Crippen molar-refractivity contribution in [2.75, 3.05) is 30.1 Å². The molecule has 3 amide bonds. The van der Waals surface area contributed by atoms with Gasteiger partial charge in [0.1, 0.15) is 5.82 Å². The van der Waals surface area contributed by atoms with Crippen LogP contribution in [0, 0.1) is 5.82 Å². The predicted molar refractivity (Wildman–Crippen MR) is 127 cm³/mol. The summed E-state index contributed by atoms with van der Waals surface area (Å²) in [6.45, 7) is -0.336. The lowest BCUT2D eigenvalue weighted by atomic mass is 10.0. The average Bonchev–Trinajstić information content (AvgIpc) is 2.77. The molecule has 3 aromatic rings. The van der Waals surface area contributed by atoms with Gasteiger partial charge in [-0.1, -0.05) is 29.8 Å². The van der Waals surface area contributed by atoms with Crippen molar-refractivity contribution in [3.05, 3.63) is 77.6 Å². The standard InChI is InChI=1S/C23H21ClFN3O4S/c1-28(17-10-7-15(24)8-11-17)23(30)26-14-22(29)27-16-9-12-18(20(25)13-16)19-5-3-4-6-21(19)33(2,31)32/h3-13H,14H2,1-2H3,(H,26,30)(H,27,29). The number of hydrogen-bond donors (Lipinski definition) is 2. The van der Waals surface area contributed by atoms with Gasteiger partial charge in [0.05, 0.1) is 11.4 Å². The number of anilines is 2. The molecule has 0 atom stereocenters. The Labute approximate surface area is 196 Å². The number of amides is 3. The topological polar surface area (TPSA) is 95.6 Å². The van der Waals surface area contributed by atoms with E-state index in [9.17, 15) is 22.4 Å². The zero-order chi connectivity index (χ0) is 24.2. The number of nitrogens with one attached hydrogen (secondary N) is 2. The summed E-state index contributed by atoms with van der Waals surface area (Å²) in [4.78, 5) is 25.8. The molecule has 0 aliphatic carbocycles. The van der Waals surface area contributed by atoms with Gasteiger partial charge in [0.25, 0.3) is 0 Å². The zero-order valence-corrected chi connectivity index (χ0v) is 19.4. The molecule has 0 unspecified atom stereocenters. The number of carbonyl (C=O) groups excluding carboxylic acids is 2. The van der Waals surface area contributed by atoms with Gasteiger partial charge in [0.15, 0.2) is 9.84 Å². The summed E-state index contributed by atoms with van der Waals surface area (Å²) in [7, 11) is -2.02. The van der Waals surface area contributed by atoms with E-state index in [0.717, 1.165) is 12.3 Å². The first-order valence-electron chi connectivity index (χ1n) is 9.72. The van der Waals surface area contributed by atoms with Crippen LogP contribution < -0.4 is 15.5 Å². The van der Waals surface area contributed by atoms with Gasteiger partial charge in [0.2, 0.25) is 5.91 Å². The molecular weight excluding hydrogens is 469 g/mol. The number of urea groups is 1. The number of rotatable bonds is 6. The number of sulfone groups is 1. The van der Waals surface area contributed by atoms with Crippen LogP contribution in [0.15, 0.2) is 71.6 Å². The van der Waals surface area contributed by atoms with E-state index in [4.69, 9.17) is 11.6 Å². The summed E-state index contributed by atoms with van der Waals surface area (Å²) in [5.74, 6) is -1.26. The molecule has 172 valence electrons. The summed E-state index contributed by atoms with van der Waals surface area (Å²) in [6.07, 6.45) is 1.05. The quantitative estimate of drug-likeness (QED) is 0.538. The van der Waals surface area contributed by atoms with Gasteiger partial charge in [-0.3, -0.25) is 9.69 Å². The molecule has 0 aromatic heterocycles. The molecule has 33 heavy (non-hydrogen) atoms. The van der Waals surface area contributed by atoms with Crippen molar-refractivity contribution in [1.82, 2.24) is 5.32 Å². The van der Waals surface area contributed by atoms with Gasteiger partial charge >= 0.3 is 6.03 Å². The van der Waals surface area contributed by atoms with Gasteiger partial charge < -0.3 is 10.6 Å². The van der Waals surface area contributed by atoms with Crippen LogP contribution in [0.3, 0.4) is 0 Å². The molecule has 10 heteroatoms. The summed E-state index contributed by atoms with van der Waals surface area (Å²) < 4.78 is 38.8. The number of benzene rings is 3. The van der Waals surface area contributed by atoms with Crippen LogP contribution in [0.2, 0.25) is 5.02 Å². The van der Waals surface area contributed by atoms with Gasteiger partial charge in [-0.25, -0.2) is 17.6 Å². The molecule has 3 aromatic carbocycles. The van der Waals surface area contributed by atoms with Crippen LogP contribution in [-0.2, 0) is 14.6 Å². The minimum atomic E-state index is -3.56. The summed E-state index contributed by atoms with van der Waals surface area (Å²) in [6, 6.07) is 16.1. The Bertz CT molecular complexity index is 1300. The zero-order valence-electron chi connectivity index (χ0n) is 17.8. The molecule has 2 N–H and O–H groups in total. The summed E-state index contributed by atoms with van der Waals surface area (Å²) in [5.41, 5.74) is 1.07. The van der Waals surface area contributed by atoms with Crippen molar-refractivity contribution < 1.29 is 22.4 Å². The fourth-order valence-electron chi connectivity index (χ4n) is 3.09. The Hall–Kier alpha value is -3.43. The number of hydrogen-bond acceptors (Lipinski definition) is 4. The highest BCUT2D eigenvalue weighted by Gasteiger charge is 2.17. The lowest BCUT2D eigenvalue weighted by molar-refractivity contribution is -0.115. The fraction of sp³-hybridized carbons (Fsp3) is 0.130. The SMILES string of the molecule is CN(C(=O)NCC(=O)Nc1ccc(-c2ccccc2S(C)(=O)=O)c(F)c1)c1ccc(Cl)cc1. The second kappa shape index (κ2) is 10.0. The van der Waals surface area contributed by atoms with Crippen LogP contribution in [0.4, 0.5) is 20.6 Å². The van der Waals surface area contributed by atoms with Gasteiger partial charge in [-0.2, -0.15) is 0 Å². The molecule has 0 bridgehead atoms. The molecule has 0 aliphatic rings. The molecule has 0 saturated heterocycles. The maximum Gasteiger partial charge on any atom is 0.322 e. The minimum absolute atomic E-state index is 0.00760. The maximum absolute atomic E-state index is 14.8. The predicted octanol–water partition coefficient (Wildman–Crippen LogP) is 4.33. The highest BCUT2D eigenvalue weighted by Crippen LogP contribution is 2.30. The van der Waals surface area contributed by atoms with Crippen LogP contribution in [0.5, 0.6) is 0 Å². The molecule has 0 saturated carbocycles. The van der Waals surface area contributed by atoms with Crippen molar-refractivity contribution in [2.24, 2.45) is 0 Å². The van der Waals surface area contributed by atoms with Crippen LogP contribution >= 0.6 is 11.6 Å². The second-order valence-electron chi connectivity index (χ2n) is 7.21. The molecule has 0 fully saturated rings. The van der Waals surface area contributed by atoms with E-state index in [2.05, 4.69) is 10.6 Å². The highest BCUT2D eigenvalue weighted by atomic mass is 35.5. The summed E-state index contributed by atoms with van der Waals surface area (Å²) in [5, 5.41) is 5.51.